The minimum atomic E-state index is 0.0618. The van der Waals surface area contributed by atoms with Crippen LogP contribution in [0.5, 0.6) is 11.5 Å². The van der Waals surface area contributed by atoms with Gasteiger partial charge >= 0.3 is 0 Å². The molecule has 1 saturated heterocycles. The van der Waals surface area contributed by atoms with Crippen molar-refractivity contribution in [3.63, 3.8) is 0 Å². The highest BCUT2D eigenvalue weighted by Gasteiger charge is 2.40. The van der Waals surface area contributed by atoms with Crippen molar-refractivity contribution in [1.29, 1.82) is 0 Å². The predicted molar refractivity (Wildman–Crippen MR) is 108 cm³/mol. The van der Waals surface area contributed by atoms with E-state index in [-0.39, 0.29) is 23.3 Å². The molecule has 1 aromatic carbocycles. The Hall–Kier alpha value is -1.40. The van der Waals surface area contributed by atoms with Crippen LogP contribution in [0.2, 0.25) is 0 Å². The van der Waals surface area contributed by atoms with E-state index in [0.717, 1.165) is 43.0 Å². The second kappa shape index (κ2) is 8.74. The molecule has 0 bridgehead atoms. The Morgan fingerprint density at radius 1 is 1.19 bits per heavy atom. The lowest BCUT2D eigenvalue weighted by atomic mass is 9.95. The average Bonchev–Trinajstić information content (AvgIpc) is 3.30. The van der Waals surface area contributed by atoms with Crippen LogP contribution in [-0.4, -0.2) is 42.0 Å². The van der Waals surface area contributed by atoms with Gasteiger partial charge in [0, 0.05) is 12.6 Å². The van der Waals surface area contributed by atoms with E-state index in [1.54, 1.807) is 11.8 Å². The lowest BCUT2D eigenvalue weighted by Gasteiger charge is -2.26. The molecule has 2 unspecified atom stereocenters. The van der Waals surface area contributed by atoms with E-state index in [1.807, 2.05) is 12.1 Å². The fourth-order valence-corrected chi connectivity index (χ4v) is 5.69. The predicted octanol–water partition coefficient (Wildman–Crippen LogP) is 4.08. The molecule has 27 heavy (non-hydrogen) atoms. The van der Waals surface area contributed by atoms with E-state index < -0.39 is 0 Å². The molecule has 2 aliphatic heterocycles. The van der Waals surface area contributed by atoms with Gasteiger partial charge in [0.2, 0.25) is 12.7 Å². The number of carbonyl (C=O) groups excluding carboxylic acids is 1. The summed E-state index contributed by atoms with van der Waals surface area (Å²) in [4.78, 5) is 14.9. The third kappa shape index (κ3) is 4.21. The van der Waals surface area contributed by atoms with Crippen LogP contribution in [-0.2, 0) is 4.79 Å². The van der Waals surface area contributed by atoms with E-state index in [4.69, 9.17) is 9.47 Å². The zero-order valence-corrected chi connectivity index (χ0v) is 16.9. The SMILES string of the molecule is CCC1SC(c2ccc3c(c2)OCO3)N(CCCNC2CCCCC2)C1=O. The molecule has 1 aromatic rings. The molecule has 1 N–H and O–H groups in total. The minimum Gasteiger partial charge on any atom is -0.454 e. The summed E-state index contributed by atoms with van der Waals surface area (Å²) in [5, 5.41) is 3.83. The number of fused-ring (bicyclic) bond motifs is 1. The molecule has 4 rings (SSSR count). The molecular weight excluding hydrogens is 360 g/mol. The van der Waals surface area contributed by atoms with E-state index in [0.29, 0.717) is 6.04 Å². The Labute approximate surface area is 166 Å². The van der Waals surface area contributed by atoms with Crippen LogP contribution in [0, 0.1) is 0 Å². The third-order valence-corrected chi connectivity index (χ3v) is 7.45. The first kappa shape index (κ1) is 18.9. The number of hydrogen-bond donors (Lipinski definition) is 1. The second-order valence-corrected chi connectivity index (χ2v) is 8.96. The molecule has 2 atom stereocenters. The number of carbonyl (C=O) groups is 1. The molecule has 148 valence electrons. The number of amides is 1. The number of nitrogens with one attached hydrogen (secondary N) is 1. The third-order valence-electron chi connectivity index (χ3n) is 5.80. The van der Waals surface area contributed by atoms with Crippen LogP contribution < -0.4 is 14.8 Å². The summed E-state index contributed by atoms with van der Waals surface area (Å²) in [6.45, 7) is 4.18. The minimum absolute atomic E-state index is 0.0618. The van der Waals surface area contributed by atoms with Crippen molar-refractivity contribution in [3.8, 4) is 11.5 Å². The fraction of sp³-hybridized carbons (Fsp3) is 0.667. The topological polar surface area (TPSA) is 50.8 Å². The fourth-order valence-electron chi connectivity index (χ4n) is 4.27. The smallest absolute Gasteiger partial charge is 0.236 e. The standard InChI is InChI=1S/C21H30N2O3S/c1-2-19-20(24)23(12-6-11-22-16-7-4-3-5-8-16)21(27-19)15-9-10-17-18(13-15)26-14-25-17/h9-10,13,16,19,21-22H,2-8,11-12,14H2,1H3. The van der Waals surface area contributed by atoms with E-state index in [9.17, 15) is 4.79 Å². The van der Waals surface area contributed by atoms with Gasteiger partial charge in [0.15, 0.2) is 11.5 Å². The van der Waals surface area contributed by atoms with Gasteiger partial charge in [-0.3, -0.25) is 4.79 Å². The molecule has 6 heteroatoms. The van der Waals surface area contributed by atoms with Crippen molar-refractivity contribution in [1.82, 2.24) is 10.2 Å². The number of rotatable bonds is 7. The number of ether oxygens (including phenoxy) is 2. The van der Waals surface area contributed by atoms with Crippen molar-refractivity contribution in [2.45, 2.75) is 68.5 Å². The van der Waals surface area contributed by atoms with Gasteiger partial charge in [-0.25, -0.2) is 0 Å². The number of hydrogen-bond acceptors (Lipinski definition) is 5. The Kier molecular flexibility index (Phi) is 6.13. The maximum atomic E-state index is 12.9. The monoisotopic (exact) mass is 390 g/mol. The maximum Gasteiger partial charge on any atom is 0.236 e. The number of nitrogens with zero attached hydrogens (tertiary/aromatic N) is 1. The van der Waals surface area contributed by atoms with Crippen molar-refractivity contribution in [2.24, 2.45) is 0 Å². The summed E-state index contributed by atoms with van der Waals surface area (Å²) in [7, 11) is 0. The number of benzene rings is 1. The van der Waals surface area contributed by atoms with Gasteiger partial charge in [-0.2, -0.15) is 0 Å². The molecule has 1 amide bonds. The van der Waals surface area contributed by atoms with Crippen molar-refractivity contribution in [3.05, 3.63) is 23.8 Å². The lowest BCUT2D eigenvalue weighted by Crippen LogP contribution is -2.36. The summed E-state index contributed by atoms with van der Waals surface area (Å²) in [6, 6.07) is 6.75. The van der Waals surface area contributed by atoms with Gasteiger partial charge in [-0.15, -0.1) is 11.8 Å². The van der Waals surface area contributed by atoms with Gasteiger partial charge in [0.1, 0.15) is 5.37 Å². The normalized spacial score (nSPS) is 25.4. The lowest BCUT2D eigenvalue weighted by molar-refractivity contribution is -0.130. The van der Waals surface area contributed by atoms with Crippen LogP contribution in [0.3, 0.4) is 0 Å². The van der Waals surface area contributed by atoms with Gasteiger partial charge in [-0.05, 0) is 49.9 Å². The Bertz CT molecular complexity index is 663. The van der Waals surface area contributed by atoms with Crippen LogP contribution in [0.15, 0.2) is 18.2 Å². The molecule has 2 heterocycles. The zero-order valence-electron chi connectivity index (χ0n) is 16.1. The second-order valence-electron chi connectivity index (χ2n) is 7.67. The molecule has 3 aliphatic rings. The molecule has 1 aliphatic carbocycles. The maximum absolute atomic E-state index is 12.9. The number of thioether (sulfide) groups is 1. The summed E-state index contributed by atoms with van der Waals surface area (Å²) in [6.07, 6.45) is 8.56. The van der Waals surface area contributed by atoms with Crippen LogP contribution in [0.25, 0.3) is 0 Å². The highest BCUT2D eigenvalue weighted by Crippen LogP contribution is 2.46. The van der Waals surface area contributed by atoms with E-state index in [2.05, 4.69) is 23.2 Å². The van der Waals surface area contributed by atoms with Crippen molar-refractivity contribution in [2.75, 3.05) is 19.9 Å². The summed E-state index contributed by atoms with van der Waals surface area (Å²) in [5.74, 6) is 1.87. The highest BCUT2D eigenvalue weighted by molar-refractivity contribution is 8.01. The van der Waals surface area contributed by atoms with Gasteiger partial charge < -0.3 is 19.7 Å². The van der Waals surface area contributed by atoms with Gasteiger partial charge in [0.25, 0.3) is 0 Å². The quantitative estimate of drug-likeness (QED) is 0.711. The van der Waals surface area contributed by atoms with E-state index in [1.165, 1.54) is 32.1 Å². The van der Waals surface area contributed by atoms with Gasteiger partial charge in [-0.1, -0.05) is 32.3 Å². The summed E-state index contributed by atoms with van der Waals surface area (Å²) in [5.41, 5.74) is 1.13. The van der Waals surface area contributed by atoms with E-state index >= 15 is 0 Å². The Balaban J connectivity index is 1.38. The molecule has 0 radical (unpaired) electrons. The molecular formula is C21H30N2O3S. The van der Waals surface area contributed by atoms with Crippen LogP contribution in [0.1, 0.15) is 62.8 Å². The van der Waals surface area contributed by atoms with Crippen molar-refractivity contribution < 1.29 is 14.3 Å². The first-order chi connectivity index (χ1) is 13.3. The summed E-state index contributed by atoms with van der Waals surface area (Å²) >= 11 is 1.77. The molecule has 0 aromatic heterocycles. The Morgan fingerprint density at radius 2 is 2.00 bits per heavy atom. The highest BCUT2D eigenvalue weighted by atomic mass is 32.2. The Morgan fingerprint density at radius 3 is 2.81 bits per heavy atom. The van der Waals surface area contributed by atoms with Crippen LogP contribution >= 0.6 is 11.8 Å². The largest absolute Gasteiger partial charge is 0.454 e. The van der Waals surface area contributed by atoms with Gasteiger partial charge in [0.05, 0.1) is 5.25 Å². The molecule has 2 fully saturated rings. The van der Waals surface area contributed by atoms with Crippen molar-refractivity contribution >= 4 is 17.7 Å². The molecule has 5 nitrogen and oxygen atoms in total. The first-order valence-corrected chi connectivity index (χ1v) is 11.3. The first-order valence-electron chi connectivity index (χ1n) is 10.3. The molecule has 0 spiro atoms. The molecule has 1 saturated carbocycles. The average molecular weight is 391 g/mol. The van der Waals surface area contributed by atoms with Crippen LogP contribution in [0.4, 0.5) is 0 Å². The summed E-state index contributed by atoms with van der Waals surface area (Å²) < 4.78 is 11.0. The zero-order chi connectivity index (χ0) is 18.6.